The van der Waals surface area contributed by atoms with Crippen LogP contribution in [0.3, 0.4) is 0 Å². The van der Waals surface area contributed by atoms with Gasteiger partial charge in [-0.3, -0.25) is 4.79 Å². The number of hydrogen-bond acceptors (Lipinski definition) is 2. The zero-order valence-corrected chi connectivity index (χ0v) is 11.0. The Labute approximate surface area is 116 Å². The number of fused-ring (bicyclic) bond motifs is 1. The van der Waals surface area contributed by atoms with Gasteiger partial charge in [-0.1, -0.05) is 18.2 Å². The standard InChI is InChI=1S/C16H15N3O/c20-16(12-5-2-1-3-6-12)18-10-8-13-11-19-15-14(13)7-4-9-17-15/h1-7,9,11H,8,10H2,(H,17,19)(H,18,20). The Morgan fingerprint density at radius 3 is 2.85 bits per heavy atom. The lowest BCUT2D eigenvalue weighted by molar-refractivity contribution is 0.0954. The lowest BCUT2D eigenvalue weighted by atomic mass is 10.1. The summed E-state index contributed by atoms with van der Waals surface area (Å²) in [6.07, 6.45) is 4.50. The highest BCUT2D eigenvalue weighted by molar-refractivity contribution is 5.94. The van der Waals surface area contributed by atoms with Gasteiger partial charge in [-0.15, -0.1) is 0 Å². The Bertz CT molecular complexity index is 719. The highest BCUT2D eigenvalue weighted by Crippen LogP contribution is 2.15. The van der Waals surface area contributed by atoms with Crippen LogP contribution in [0.15, 0.2) is 54.9 Å². The van der Waals surface area contributed by atoms with Crippen LogP contribution in [0.1, 0.15) is 15.9 Å². The first-order chi connectivity index (χ1) is 9.84. The van der Waals surface area contributed by atoms with E-state index >= 15 is 0 Å². The SMILES string of the molecule is O=C(NCCc1c[nH]c2ncccc12)c1ccccc1. The van der Waals surface area contributed by atoms with Crippen molar-refractivity contribution in [3.63, 3.8) is 0 Å². The maximum atomic E-state index is 11.9. The molecule has 4 heteroatoms. The number of amides is 1. The van der Waals surface area contributed by atoms with E-state index in [2.05, 4.69) is 15.3 Å². The third-order valence-electron chi connectivity index (χ3n) is 3.25. The third-order valence-corrected chi connectivity index (χ3v) is 3.25. The molecular formula is C16H15N3O. The van der Waals surface area contributed by atoms with Crippen LogP contribution < -0.4 is 5.32 Å². The van der Waals surface area contributed by atoms with Crippen LogP contribution >= 0.6 is 0 Å². The maximum Gasteiger partial charge on any atom is 0.251 e. The summed E-state index contributed by atoms with van der Waals surface area (Å²) in [5.74, 6) is -0.0384. The highest BCUT2D eigenvalue weighted by Gasteiger charge is 2.06. The third kappa shape index (κ3) is 2.54. The van der Waals surface area contributed by atoms with E-state index in [0.29, 0.717) is 12.1 Å². The summed E-state index contributed by atoms with van der Waals surface area (Å²) in [7, 11) is 0. The van der Waals surface area contributed by atoms with Gasteiger partial charge in [-0.05, 0) is 36.2 Å². The number of carbonyl (C=O) groups is 1. The quantitative estimate of drug-likeness (QED) is 0.761. The molecule has 2 N–H and O–H groups in total. The molecule has 1 aromatic carbocycles. The van der Waals surface area contributed by atoms with Gasteiger partial charge in [0, 0.05) is 29.9 Å². The van der Waals surface area contributed by atoms with E-state index in [9.17, 15) is 4.79 Å². The fourth-order valence-corrected chi connectivity index (χ4v) is 2.22. The van der Waals surface area contributed by atoms with E-state index in [4.69, 9.17) is 0 Å². The molecule has 0 fully saturated rings. The van der Waals surface area contributed by atoms with Crippen LogP contribution in [0.25, 0.3) is 11.0 Å². The molecule has 4 nitrogen and oxygen atoms in total. The van der Waals surface area contributed by atoms with Gasteiger partial charge in [0.25, 0.3) is 5.91 Å². The lowest BCUT2D eigenvalue weighted by Gasteiger charge is -2.04. The summed E-state index contributed by atoms with van der Waals surface area (Å²) in [5, 5.41) is 4.04. The molecule has 3 rings (SSSR count). The fourth-order valence-electron chi connectivity index (χ4n) is 2.22. The molecule has 0 spiro atoms. The number of H-pyrrole nitrogens is 1. The summed E-state index contributed by atoms with van der Waals surface area (Å²) in [6, 6.07) is 13.2. The van der Waals surface area contributed by atoms with Crippen LogP contribution in [0.5, 0.6) is 0 Å². The van der Waals surface area contributed by atoms with Crippen molar-refractivity contribution in [2.75, 3.05) is 6.54 Å². The second-order valence-electron chi connectivity index (χ2n) is 4.59. The molecule has 0 atom stereocenters. The minimum Gasteiger partial charge on any atom is -0.352 e. The number of nitrogens with one attached hydrogen (secondary N) is 2. The Morgan fingerprint density at radius 2 is 2.00 bits per heavy atom. The van der Waals surface area contributed by atoms with E-state index < -0.39 is 0 Å². The van der Waals surface area contributed by atoms with Crippen LogP contribution in [0, 0.1) is 0 Å². The number of hydrogen-bond donors (Lipinski definition) is 2. The Kier molecular flexibility index (Phi) is 3.46. The van der Waals surface area contributed by atoms with E-state index in [-0.39, 0.29) is 5.91 Å². The number of aromatic nitrogens is 2. The van der Waals surface area contributed by atoms with E-state index in [1.54, 1.807) is 6.20 Å². The van der Waals surface area contributed by atoms with Crippen molar-refractivity contribution in [3.8, 4) is 0 Å². The minimum absolute atomic E-state index is 0.0384. The van der Waals surface area contributed by atoms with Gasteiger partial charge in [0.2, 0.25) is 0 Å². The molecule has 100 valence electrons. The van der Waals surface area contributed by atoms with Crippen molar-refractivity contribution in [2.45, 2.75) is 6.42 Å². The smallest absolute Gasteiger partial charge is 0.251 e. The Morgan fingerprint density at radius 1 is 1.15 bits per heavy atom. The van der Waals surface area contributed by atoms with Gasteiger partial charge in [0.15, 0.2) is 0 Å². The molecule has 0 saturated carbocycles. The summed E-state index contributed by atoms with van der Waals surface area (Å²) in [4.78, 5) is 19.3. The van der Waals surface area contributed by atoms with Gasteiger partial charge in [0.05, 0.1) is 0 Å². The number of benzene rings is 1. The summed E-state index contributed by atoms with van der Waals surface area (Å²) in [6.45, 7) is 0.607. The maximum absolute atomic E-state index is 11.9. The molecule has 2 heterocycles. The van der Waals surface area contributed by atoms with Crippen molar-refractivity contribution >= 4 is 16.9 Å². The predicted octanol–water partition coefficient (Wildman–Crippen LogP) is 2.54. The molecule has 20 heavy (non-hydrogen) atoms. The van der Waals surface area contributed by atoms with Crippen LogP contribution in [-0.4, -0.2) is 22.4 Å². The lowest BCUT2D eigenvalue weighted by Crippen LogP contribution is -2.25. The largest absolute Gasteiger partial charge is 0.352 e. The average Bonchev–Trinajstić information content (AvgIpc) is 2.92. The first-order valence-corrected chi connectivity index (χ1v) is 6.59. The van der Waals surface area contributed by atoms with Gasteiger partial charge in [-0.25, -0.2) is 4.98 Å². The number of aromatic amines is 1. The van der Waals surface area contributed by atoms with E-state index in [1.807, 2.05) is 48.7 Å². The number of carbonyl (C=O) groups excluding carboxylic acids is 1. The molecule has 0 aliphatic carbocycles. The zero-order chi connectivity index (χ0) is 13.8. The normalized spacial score (nSPS) is 10.6. The van der Waals surface area contributed by atoms with Crippen LogP contribution in [0.2, 0.25) is 0 Å². The van der Waals surface area contributed by atoms with Crippen LogP contribution in [-0.2, 0) is 6.42 Å². The molecule has 0 unspecified atom stereocenters. The molecule has 0 bridgehead atoms. The molecule has 0 radical (unpaired) electrons. The topological polar surface area (TPSA) is 57.8 Å². The Balaban J connectivity index is 1.62. The van der Waals surface area contributed by atoms with Gasteiger partial charge >= 0.3 is 0 Å². The average molecular weight is 265 g/mol. The number of rotatable bonds is 4. The molecule has 2 aromatic heterocycles. The highest BCUT2D eigenvalue weighted by atomic mass is 16.1. The number of nitrogens with zero attached hydrogens (tertiary/aromatic N) is 1. The second-order valence-corrected chi connectivity index (χ2v) is 4.59. The first kappa shape index (κ1) is 12.4. The van der Waals surface area contributed by atoms with Crippen molar-refractivity contribution in [1.82, 2.24) is 15.3 Å². The fraction of sp³-hybridized carbons (Fsp3) is 0.125. The van der Waals surface area contributed by atoms with Gasteiger partial charge in [-0.2, -0.15) is 0 Å². The first-order valence-electron chi connectivity index (χ1n) is 6.59. The molecule has 0 saturated heterocycles. The van der Waals surface area contributed by atoms with E-state index in [0.717, 1.165) is 17.5 Å². The molecular weight excluding hydrogens is 250 g/mol. The molecule has 0 aliphatic rings. The predicted molar refractivity (Wildman–Crippen MR) is 78.6 cm³/mol. The monoisotopic (exact) mass is 265 g/mol. The van der Waals surface area contributed by atoms with Crippen molar-refractivity contribution in [3.05, 3.63) is 66.0 Å². The van der Waals surface area contributed by atoms with Gasteiger partial charge < -0.3 is 10.3 Å². The molecule has 0 aliphatic heterocycles. The van der Waals surface area contributed by atoms with Crippen molar-refractivity contribution in [1.29, 1.82) is 0 Å². The summed E-state index contributed by atoms with van der Waals surface area (Å²) in [5.41, 5.74) is 2.74. The van der Waals surface area contributed by atoms with Crippen molar-refractivity contribution < 1.29 is 4.79 Å². The Hall–Kier alpha value is -2.62. The van der Waals surface area contributed by atoms with Gasteiger partial charge in [0.1, 0.15) is 5.65 Å². The second kappa shape index (κ2) is 5.57. The minimum atomic E-state index is -0.0384. The summed E-state index contributed by atoms with van der Waals surface area (Å²) >= 11 is 0. The van der Waals surface area contributed by atoms with E-state index in [1.165, 1.54) is 5.56 Å². The van der Waals surface area contributed by atoms with Crippen molar-refractivity contribution in [2.24, 2.45) is 0 Å². The summed E-state index contributed by atoms with van der Waals surface area (Å²) < 4.78 is 0. The number of pyridine rings is 1. The zero-order valence-electron chi connectivity index (χ0n) is 11.0. The van der Waals surface area contributed by atoms with Crippen LogP contribution in [0.4, 0.5) is 0 Å². The molecule has 1 amide bonds. The molecule has 3 aromatic rings.